The quantitative estimate of drug-likeness (QED) is 0.624. The van der Waals surface area contributed by atoms with Crippen molar-refractivity contribution in [3.63, 3.8) is 0 Å². The molecule has 0 aliphatic heterocycles. The second-order valence-corrected chi connectivity index (χ2v) is 6.22. The number of thioether (sulfide) groups is 1. The number of nitrogens with one attached hydrogen (secondary N) is 2. The molecular formula is C18H20N2O3S. The Morgan fingerprint density at radius 3 is 2.25 bits per heavy atom. The molecule has 2 amide bonds. The second-order valence-electron chi connectivity index (χ2n) is 5.20. The normalized spacial score (nSPS) is 10.1. The summed E-state index contributed by atoms with van der Waals surface area (Å²) in [6.45, 7) is 3.73. The van der Waals surface area contributed by atoms with Gasteiger partial charge in [0, 0.05) is 4.90 Å². The average molecular weight is 344 g/mol. The molecule has 2 aromatic carbocycles. The van der Waals surface area contributed by atoms with Crippen LogP contribution in [-0.2, 0) is 9.59 Å². The standard InChI is InChI=1S/C18H20N2O3S/c1-13-7-3-5-9-15(13)23-11-17(21)19-20-18(22)12-24-16-10-6-4-8-14(16)2/h3-10H,11-12H2,1-2H3,(H,19,21)(H,20,22). The minimum Gasteiger partial charge on any atom is -0.483 e. The van der Waals surface area contributed by atoms with Crippen LogP contribution in [0.4, 0.5) is 0 Å². The van der Waals surface area contributed by atoms with Crippen LogP contribution in [0, 0.1) is 13.8 Å². The molecule has 24 heavy (non-hydrogen) atoms. The zero-order chi connectivity index (χ0) is 17.4. The highest BCUT2D eigenvalue weighted by Gasteiger charge is 2.08. The van der Waals surface area contributed by atoms with E-state index in [9.17, 15) is 9.59 Å². The lowest BCUT2D eigenvalue weighted by atomic mass is 10.2. The summed E-state index contributed by atoms with van der Waals surface area (Å²) in [6.07, 6.45) is 0. The highest BCUT2D eigenvalue weighted by Crippen LogP contribution is 2.21. The average Bonchev–Trinajstić information content (AvgIpc) is 2.58. The third-order valence-electron chi connectivity index (χ3n) is 3.25. The Labute approximate surface area is 145 Å². The van der Waals surface area contributed by atoms with E-state index < -0.39 is 5.91 Å². The molecule has 0 aliphatic rings. The van der Waals surface area contributed by atoms with Gasteiger partial charge in [-0.1, -0.05) is 36.4 Å². The van der Waals surface area contributed by atoms with Gasteiger partial charge in [-0.05, 0) is 37.1 Å². The largest absolute Gasteiger partial charge is 0.483 e. The number of rotatable bonds is 6. The number of amides is 2. The predicted octanol–water partition coefficient (Wildman–Crippen LogP) is 2.62. The van der Waals surface area contributed by atoms with Crippen molar-refractivity contribution in [3.05, 3.63) is 59.7 Å². The van der Waals surface area contributed by atoms with E-state index in [1.54, 1.807) is 6.07 Å². The predicted molar refractivity (Wildman–Crippen MR) is 94.9 cm³/mol. The van der Waals surface area contributed by atoms with Crippen LogP contribution in [0.1, 0.15) is 11.1 Å². The number of benzene rings is 2. The Balaban J connectivity index is 1.69. The van der Waals surface area contributed by atoms with Crippen LogP contribution >= 0.6 is 11.8 Å². The molecule has 0 saturated heterocycles. The summed E-state index contributed by atoms with van der Waals surface area (Å²) >= 11 is 1.42. The van der Waals surface area contributed by atoms with Crippen molar-refractivity contribution in [3.8, 4) is 5.75 Å². The molecule has 0 spiro atoms. The van der Waals surface area contributed by atoms with Crippen molar-refractivity contribution >= 4 is 23.6 Å². The summed E-state index contributed by atoms with van der Waals surface area (Å²) in [6, 6.07) is 15.3. The minimum atomic E-state index is -0.410. The van der Waals surface area contributed by atoms with Crippen molar-refractivity contribution < 1.29 is 14.3 Å². The fourth-order valence-corrected chi connectivity index (χ4v) is 2.76. The summed E-state index contributed by atoms with van der Waals surface area (Å²) in [5.41, 5.74) is 6.79. The molecule has 0 saturated carbocycles. The van der Waals surface area contributed by atoms with E-state index in [-0.39, 0.29) is 18.3 Å². The summed E-state index contributed by atoms with van der Waals surface area (Å²) < 4.78 is 5.41. The van der Waals surface area contributed by atoms with Gasteiger partial charge in [0.25, 0.3) is 5.91 Å². The number of hydrogen-bond acceptors (Lipinski definition) is 4. The van der Waals surface area contributed by atoms with Crippen molar-refractivity contribution in [1.29, 1.82) is 0 Å². The lowest BCUT2D eigenvalue weighted by Crippen LogP contribution is -2.44. The van der Waals surface area contributed by atoms with E-state index in [2.05, 4.69) is 10.9 Å². The van der Waals surface area contributed by atoms with E-state index in [0.29, 0.717) is 5.75 Å². The Kier molecular flexibility index (Phi) is 6.69. The molecule has 2 aromatic rings. The zero-order valence-corrected chi connectivity index (χ0v) is 14.5. The molecule has 2 rings (SSSR count). The molecule has 0 unspecified atom stereocenters. The third kappa shape index (κ3) is 5.62. The van der Waals surface area contributed by atoms with E-state index in [1.807, 2.05) is 56.3 Å². The van der Waals surface area contributed by atoms with Gasteiger partial charge in [0.2, 0.25) is 5.91 Å². The fourth-order valence-electron chi connectivity index (χ4n) is 1.93. The monoisotopic (exact) mass is 344 g/mol. The summed E-state index contributed by atoms with van der Waals surface area (Å²) in [5.74, 6) is 0.193. The molecule has 5 nitrogen and oxygen atoms in total. The zero-order valence-electron chi connectivity index (χ0n) is 13.7. The van der Waals surface area contributed by atoms with Crippen molar-refractivity contribution in [2.45, 2.75) is 18.7 Å². The molecule has 0 radical (unpaired) electrons. The summed E-state index contributed by atoms with van der Waals surface area (Å²) in [5, 5.41) is 0. The summed E-state index contributed by atoms with van der Waals surface area (Å²) in [4.78, 5) is 24.5. The number of carbonyl (C=O) groups excluding carboxylic acids is 2. The smallest absolute Gasteiger partial charge is 0.276 e. The molecule has 2 N–H and O–H groups in total. The first kappa shape index (κ1) is 17.9. The van der Waals surface area contributed by atoms with Crippen LogP contribution in [0.3, 0.4) is 0 Å². The van der Waals surface area contributed by atoms with Gasteiger partial charge in [-0.15, -0.1) is 11.8 Å². The SMILES string of the molecule is Cc1ccccc1OCC(=O)NNC(=O)CSc1ccccc1C. The molecule has 0 bridgehead atoms. The Morgan fingerprint density at radius 1 is 0.917 bits per heavy atom. The van der Waals surface area contributed by atoms with Gasteiger partial charge in [-0.25, -0.2) is 0 Å². The van der Waals surface area contributed by atoms with Gasteiger partial charge >= 0.3 is 0 Å². The van der Waals surface area contributed by atoms with E-state index >= 15 is 0 Å². The lowest BCUT2D eigenvalue weighted by molar-refractivity contribution is -0.128. The van der Waals surface area contributed by atoms with Crippen LogP contribution < -0.4 is 15.6 Å². The highest BCUT2D eigenvalue weighted by atomic mass is 32.2. The maximum atomic E-state index is 11.8. The maximum Gasteiger partial charge on any atom is 0.276 e. The first-order chi connectivity index (χ1) is 11.6. The second kappa shape index (κ2) is 8.98. The number of ether oxygens (including phenoxy) is 1. The number of para-hydroxylation sites is 1. The highest BCUT2D eigenvalue weighted by molar-refractivity contribution is 8.00. The first-order valence-corrected chi connectivity index (χ1v) is 8.49. The summed E-state index contributed by atoms with van der Waals surface area (Å²) in [7, 11) is 0. The number of hydrazine groups is 1. The van der Waals surface area contributed by atoms with E-state index in [1.165, 1.54) is 11.8 Å². The Bertz CT molecular complexity index is 657. The Morgan fingerprint density at radius 2 is 1.54 bits per heavy atom. The molecule has 0 heterocycles. The van der Waals surface area contributed by atoms with E-state index in [4.69, 9.17) is 4.74 Å². The van der Waals surface area contributed by atoms with Gasteiger partial charge in [0.15, 0.2) is 6.61 Å². The maximum absolute atomic E-state index is 11.8. The Hall–Kier alpha value is -2.47. The van der Waals surface area contributed by atoms with Gasteiger partial charge < -0.3 is 4.74 Å². The number of hydrogen-bond donors (Lipinski definition) is 2. The lowest BCUT2D eigenvalue weighted by Gasteiger charge is -2.10. The molecule has 0 aliphatic carbocycles. The third-order valence-corrected chi connectivity index (χ3v) is 4.42. The number of aryl methyl sites for hydroxylation is 2. The minimum absolute atomic E-state index is 0.157. The van der Waals surface area contributed by atoms with Gasteiger partial charge in [-0.3, -0.25) is 20.4 Å². The van der Waals surface area contributed by atoms with Crippen LogP contribution in [0.25, 0.3) is 0 Å². The van der Waals surface area contributed by atoms with Crippen LogP contribution in [0.2, 0.25) is 0 Å². The molecule has 126 valence electrons. The van der Waals surface area contributed by atoms with Crippen LogP contribution in [0.5, 0.6) is 5.75 Å². The first-order valence-electron chi connectivity index (χ1n) is 7.51. The molecular weight excluding hydrogens is 324 g/mol. The van der Waals surface area contributed by atoms with Crippen molar-refractivity contribution in [2.24, 2.45) is 0 Å². The van der Waals surface area contributed by atoms with Crippen molar-refractivity contribution in [2.75, 3.05) is 12.4 Å². The molecule has 0 aromatic heterocycles. The molecule has 0 fully saturated rings. The van der Waals surface area contributed by atoms with Gasteiger partial charge in [0.05, 0.1) is 5.75 Å². The van der Waals surface area contributed by atoms with Gasteiger partial charge in [0.1, 0.15) is 5.75 Å². The molecule has 6 heteroatoms. The van der Waals surface area contributed by atoms with Crippen LogP contribution in [-0.4, -0.2) is 24.2 Å². The number of carbonyl (C=O) groups is 2. The molecule has 0 atom stereocenters. The van der Waals surface area contributed by atoms with Gasteiger partial charge in [-0.2, -0.15) is 0 Å². The van der Waals surface area contributed by atoms with Crippen molar-refractivity contribution in [1.82, 2.24) is 10.9 Å². The van der Waals surface area contributed by atoms with Crippen LogP contribution in [0.15, 0.2) is 53.4 Å². The fraction of sp³-hybridized carbons (Fsp3) is 0.222. The van der Waals surface area contributed by atoms with E-state index in [0.717, 1.165) is 16.0 Å². The topological polar surface area (TPSA) is 67.4 Å².